The van der Waals surface area contributed by atoms with E-state index in [2.05, 4.69) is 82.2 Å². The third-order valence-corrected chi connectivity index (χ3v) is 3.68. The minimum atomic E-state index is 0.0947. The van der Waals surface area contributed by atoms with Gasteiger partial charge in [-0.05, 0) is 46.1 Å². The predicted octanol–water partition coefficient (Wildman–Crippen LogP) is 3.97. The Labute approximate surface area is 128 Å². The van der Waals surface area contributed by atoms with Crippen molar-refractivity contribution < 1.29 is 0 Å². The van der Waals surface area contributed by atoms with E-state index in [1.165, 1.54) is 10.8 Å². The van der Waals surface area contributed by atoms with Gasteiger partial charge in [0.1, 0.15) is 5.82 Å². The number of hydrogen-bond donors (Lipinski definition) is 1. The van der Waals surface area contributed by atoms with Crippen molar-refractivity contribution in [3.05, 3.63) is 36.0 Å². The highest BCUT2D eigenvalue weighted by Crippen LogP contribution is 2.26. The first kappa shape index (κ1) is 15.8. The number of hydrogen-bond acceptors (Lipinski definition) is 3. The Bertz CT molecular complexity index is 611. The fraction of sp³-hybridized carbons (Fsp3) is 0.500. The van der Waals surface area contributed by atoms with Gasteiger partial charge in [-0.15, -0.1) is 0 Å². The first-order valence-electron chi connectivity index (χ1n) is 7.64. The molecule has 1 heterocycles. The van der Waals surface area contributed by atoms with Crippen molar-refractivity contribution in [3.63, 3.8) is 0 Å². The van der Waals surface area contributed by atoms with Crippen LogP contribution in [-0.2, 0) is 6.54 Å². The zero-order chi connectivity index (χ0) is 15.6. The smallest absolute Gasteiger partial charge is 0.136 e. The average Bonchev–Trinajstić information content (AvgIpc) is 2.42. The number of benzene rings is 1. The lowest BCUT2D eigenvalue weighted by Gasteiger charge is -2.26. The van der Waals surface area contributed by atoms with Crippen molar-refractivity contribution in [1.82, 2.24) is 10.3 Å². The standard InChI is InChI=1S/C18H27N3/c1-13(2)21(6)17-16-10-8-7-9-14(16)11-15(20-17)12-19-18(3,4)5/h7-11,13,19H,12H2,1-6H3. The van der Waals surface area contributed by atoms with E-state index >= 15 is 0 Å². The molecule has 3 nitrogen and oxygen atoms in total. The molecule has 0 bridgehead atoms. The number of anilines is 1. The van der Waals surface area contributed by atoms with Crippen molar-refractivity contribution >= 4 is 16.6 Å². The first-order chi connectivity index (χ1) is 9.78. The second kappa shape index (κ2) is 6.02. The zero-order valence-electron chi connectivity index (χ0n) is 14.1. The van der Waals surface area contributed by atoms with Gasteiger partial charge in [-0.2, -0.15) is 0 Å². The molecule has 1 aromatic heterocycles. The third kappa shape index (κ3) is 3.94. The molecular weight excluding hydrogens is 258 g/mol. The lowest BCUT2D eigenvalue weighted by Crippen LogP contribution is -2.35. The second-order valence-electron chi connectivity index (χ2n) is 6.97. The van der Waals surface area contributed by atoms with Crippen molar-refractivity contribution in [2.24, 2.45) is 0 Å². The van der Waals surface area contributed by atoms with Crippen LogP contribution < -0.4 is 10.2 Å². The van der Waals surface area contributed by atoms with E-state index in [0.717, 1.165) is 18.1 Å². The lowest BCUT2D eigenvalue weighted by atomic mass is 10.1. The van der Waals surface area contributed by atoms with Crippen molar-refractivity contribution in [3.8, 4) is 0 Å². The maximum absolute atomic E-state index is 4.89. The maximum atomic E-state index is 4.89. The molecule has 0 saturated heterocycles. The molecule has 0 saturated carbocycles. The summed E-state index contributed by atoms with van der Waals surface area (Å²) in [5.41, 5.74) is 1.18. The molecule has 2 rings (SSSR count). The minimum absolute atomic E-state index is 0.0947. The second-order valence-corrected chi connectivity index (χ2v) is 6.97. The topological polar surface area (TPSA) is 28.2 Å². The molecule has 0 aliphatic carbocycles. The van der Waals surface area contributed by atoms with Gasteiger partial charge in [-0.3, -0.25) is 0 Å². The highest BCUT2D eigenvalue weighted by Gasteiger charge is 2.14. The number of aromatic nitrogens is 1. The van der Waals surface area contributed by atoms with Gasteiger partial charge in [0.2, 0.25) is 0 Å². The summed E-state index contributed by atoms with van der Waals surface area (Å²) < 4.78 is 0. The number of nitrogens with one attached hydrogen (secondary N) is 1. The summed E-state index contributed by atoms with van der Waals surface area (Å²) >= 11 is 0. The SMILES string of the molecule is CC(C)N(C)c1nc(CNC(C)(C)C)cc2ccccc12. The molecule has 3 heteroatoms. The van der Waals surface area contributed by atoms with Crippen LogP contribution in [0.5, 0.6) is 0 Å². The molecule has 1 N–H and O–H groups in total. The van der Waals surface area contributed by atoms with Crippen LogP contribution >= 0.6 is 0 Å². The van der Waals surface area contributed by atoms with E-state index in [-0.39, 0.29) is 5.54 Å². The van der Waals surface area contributed by atoms with Crippen LogP contribution in [0.1, 0.15) is 40.3 Å². The molecular formula is C18H27N3. The Morgan fingerprint density at radius 1 is 1.19 bits per heavy atom. The maximum Gasteiger partial charge on any atom is 0.136 e. The summed E-state index contributed by atoms with van der Waals surface area (Å²) in [7, 11) is 2.11. The highest BCUT2D eigenvalue weighted by molar-refractivity contribution is 5.92. The predicted molar refractivity (Wildman–Crippen MR) is 91.9 cm³/mol. The zero-order valence-corrected chi connectivity index (χ0v) is 14.1. The summed E-state index contributed by atoms with van der Waals surface area (Å²) in [5.74, 6) is 1.06. The van der Waals surface area contributed by atoms with Crippen LogP contribution in [-0.4, -0.2) is 23.6 Å². The Morgan fingerprint density at radius 3 is 2.48 bits per heavy atom. The van der Waals surface area contributed by atoms with E-state index in [1.54, 1.807) is 0 Å². The fourth-order valence-electron chi connectivity index (χ4n) is 2.19. The van der Waals surface area contributed by atoms with Gasteiger partial charge in [-0.1, -0.05) is 24.3 Å². The molecule has 2 aromatic rings. The van der Waals surface area contributed by atoms with E-state index in [4.69, 9.17) is 4.98 Å². The molecule has 0 fully saturated rings. The number of fused-ring (bicyclic) bond motifs is 1. The van der Waals surface area contributed by atoms with Crippen LogP contribution in [0.2, 0.25) is 0 Å². The Kier molecular flexibility index (Phi) is 4.52. The molecule has 1 aromatic carbocycles. The van der Waals surface area contributed by atoms with Gasteiger partial charge >= 0.3 is 0 Å². The van der Waals surface area contributed by atoms with Crippen LogP contribution in [0.15, 0.2) is 30.3 Å². The first-order valence-corrected chi connectivity index (χ1v) is 7.64. The van der Waals surface area contributed by atoms with Crippen molar-refractivity contribution in [2.45, 2.75) is 52.7 Å². The van der Waals surface area contributed by atoms with Gasteiger partial charge < -0.3 is 10.2 Å². The average molecular weight is 285 g/mol. The number of pyridine rings is 1. The lowest BCUT2D eigenvalue weighted by molar-refractivity contribution is 0.421. The van der Waals surface area contributed by atoms with E-state index < -0.39 is 0 Å². The Balaban J connectivity index is 2.44. The summed E-state index contributed by atoms with van der Waals surface area (Å²) in [5, 5.41) is 5.98. The molecule has 0 amide bonds. The molecule has 0 unspecified atom stereocenters. The fourth-order valence-corrected chi connectivity index (χ4v) is 2.19. The molecule has 0 aliphatic rings. The van der Waals surface area contributed by atoms with Crippen molar-refractivity contribution in [1.29, 1.82) is 0 Å². The van der Waals surface area contributed by atoms with Gasteiger partial charge in [0.05, 0.1) is 5.69 Å². The largest absolute Gasteiger partial charge is 0.357 e. The van der Waals surface area contributed by atoms with Gasteiger partial charge in [-0.25, -0.2) is 4.98 Å². The summed E-state index contributed by atoms with van der Waals surface area (Å²) in [6.07, 6.45) is 0. The quantitative estimate of drug-likeness (QED) is 0.921. The van der Waals surface area contributed by atoms with Gasteiger partial charge in [0.25, 0.3) is 0 Å². The molecule has 114 valence electrons. The normalized spacial score (nSPS) is 12.1. The highest BCUT2D eigenvalue weighted by atomic mass is 15.2. The molecule has 0 radical (unpaired) electrons. The molecule has 21 heavy (non-hydrogen) atoms. The van der Waals surface area contributed by atoms with Crippen LogP contribution in [0, 0.1) is 0 Å². The number of nitrogens with zero attached hydrogens (tertiary/aromatic N) is 2. The van der Waals surface area contributed by atoms with Crippen LogP contribution in [0.4, 0.5) is 5.82 Å². The summed E-state index contributed by atoms with van der Waals surface area (Å²) in [4.78, 5) is 7.13. The van der Waals surface area contributed by atoms with Crippen LogP contribution in [0.25, 0.3) is 10.8 Å². The van der Waals surface area contributed by atoms with Gasteiger partial charge in [0, 0.05) is 30.6 Å². The Hall–Kier alpha value is -1.61. The van der Waals surface area contributed by atoms with Crippen molar-refractivity contribution in [2.75, 3.05) is 11.9 Å². The van der Waals surface area contributed by atoms with E-state index in [9.17, 15) is 0 Å². The Morgan fingerprint density at radius 2 is 1.86 bits per heavy atom. The van der Waals surface area contributed by atoms with E-state index in [1.807, 2.05) is 0 Å². The molecule has 0 atom stereocenters. The van der Waals surface area contributed by atoms with Crippen LogP contribution in [0.3, 0.4) is 0 Å². The molecule has 0 spiro atoms. The summed E-state index contributed by atoms with van der Waals surface area (Å²) in [6.45, 7) is 11.7. The summed E-state index contributed by atoms with van der Waals surface area (Å²) in [6, 6.07) is 11.1. The third-order valence-electron chi connectivity index (χ3n) is 3.68. The monoisotopic (exact) mass is 285 g/mol. The minimum Gasteiger partial charge on any atom is -0.357 e. The number of rotatable bonds is 4. The van der Waals surface area contributed by atoms with E-state index in [0.29, 0.717) is 6.04 Å². The molecule has 0 aliphatic heterocycles. The van der Waals surface area contributed by atoms with Gasteiger partial charge in [0.15, 0.2) is 0 Å².